The Kier molecular flexibility index (Phi) is 5.18. The van der Waals surface area contributed by atoms with Crippen molar-refractivity contribution in [3.8, 4) is 0 Å². The van der Waals surface area contributed by atoms with Crippen LogP contribution < -0.4 is 4.90 Å². The first kappa shape index (κ1) is 19.0. The van der Waals surface area contributed by atoms with E-state index in [9.17, 15) is 21.6 Å². The summed E-state index contributed by atoms with van der Waals surface area (Å²) in [6, 6.07) is 11.4. The van der Waals surface area contributed by atoms with Gasteiger partial charge in [0.25, 0.3) is 0 Å². The van der Waals surface area contributed by atoms with Crippen LogP contribution in [0.1, 0.15) is 5.56 Å². The molecule has 0 radical (unpaired) electrons. The van der Waals surface area contributed by atoms with Gasteiger partial charge in [-0.2, -0.15) is 17.5 Å². The molecule has 1 fully saturated rings. The summed E-state index contributed by atoms with van der Waals surface area (Å²) in [6.07, 6.45) is -4.73. The van der Waals surface area contributed by atoms with Gasteiger partial charge in [0.1, 0.15) is 0 Å². The molecular weight excluding hydrogens is 389 g/mol. The molecule has 3 rings (SSSR count). The lowest BCUT2D eigenvalue weighted by atomic mass is 10.2. The molecule has 0 aliphatic carbocycles. The van der Waals surface area contributed by atoms with Gasteiger partial charge in [0.2, 0.25) is 10.0 Å². The van der Waals surface area contributed by atoms with E-state index in [2.05, 4.69) is 0 Å². The molecular formula is C17H16ClF3N2O2S. The summed E-state index contributed by atoms with van der Waals surface area (Å²) in [7, 11) is -4.23. The Hall–Kier alpha value is -1.77. The summed E-state index contributed by atoms with van der Waals surface area (Å²) in [5.74, 6) is 0. The highest BCUT2D eigenvalue weighted by Gasteiger charge is 2.39. The monoisotopic (exact) mass is 404 g/mol. The second-order valence-corrected chi connectivity index (χ2v) is 8.21. The molecule has 0 unspecified atom stereocenters. The van der Waals surface area contributed by atoms with Crippen LogP contribution in [0, 0.1) is 0 Å². The van der Waals surface area contributed by atoms with E-state index in [4.69, 9.17) is 11.6 Å². The van der Waals surface area contributed by atoms with Gasteiger partial charge in [0.15, 0.2) is 0 Å². The van der Waals surface area contributed by atoms with Crippen LogP contribution in [-0.2, 0) is 16.2 Å². The smallest absolute Gasteiger partial charge is 0.369 e. The van der Waals surface area contributed by atoms with E-state index in [0.29, 0.717) is 18.1 Å². The van der Waals surface area contributed by atoms with Gasteiger partial charge in [-0.3, -0.25) is 0 Å². The average molecular weight is 405 g/mol. The normalized spacial score (nSPS) is 16.7. The standard InChI is InChI=1S/C17H16ClF3N2O2S/c18-13-4-3-5-14(12-13)22-8-10-23(11-9-22)26(24,25)16-7-2-1-6-15(16)17(19,20)21/h1-7,12H,8-11H2. The lowest BCUT2D eigenvalue weighted by molar-refractivity contribution is -0.139. The zero-order chi connectivity index (χ0) is 18.9. The Morgan fingerprint density at radius 1 is 0.923 bits per heavy atom. The van der Waals surface area contributed by atoms with E-state index in [-0.39, 0.29) is 13.1 Å². The van der Waals surface area contributed by atoms with Gasteiger partial charge in [-0.1, -0.05) is 29.8 Å². The van der Waals surface area contributed by atoms with Crippen molar-refractivity contribution in [1.29, 1.82) is 0 Å². The van der Waals surface area contributed by atoms with Gasteiger partial charge < -0.3 is 4.90 Å². The molecule has 0 bridgehead atoms. The zero-order valence-electron chi connectivity index (χ0n) is 13.6. The van der Waals surface area contributed by atoms with E-state index in [1.54, 1.807) is 18.2 Å². The minimum atomic E-state index is -4.73. The molecule has 1 saturated heterocycles. The summed E-state index contributed by atoms with van der Waals surface area (Å²) in [5.41, 5.74) is -0.289. The third-order valence-corrected chi connectivity index (χ3v) is 6.41. The van der Waals surface area contributed by atoms with Crippen LogP contribution in [0.25, 0.3) is 0 Å². The molecule has 1 aliphatic heterocycles. The Morgan fingerprint density at radius 2 is 1.58 bits per heavy atom. The number of anilines is 1. The molecule has 0 amide bonds. The number of benzene rings is 2. The molecule has 0 N–H and O–H groups in total. The van der Waals surface area contributed by atoms with Gasteiger partial charge in [0, 0.05) is 36.9 Å². The minimum absolute atomic E-state index is 0.0983. The Morgan fingerprint density at radius 3 is 2.19 bits per heavy atom. The van der Waals surface area contributed by atoms with Crippen molar-refractivity contribution in [3.05, 3.63) is 59.1 Å². The second kappa shape index (κ2) is 7.09. The van der Waals surface area contributed by atoms with Crippen molar-refractivity contribution in [1.82, 2.24) is 4.31 Å². The Balaban J connectivity index is 1.81. The predicted octanol–water partition coefficient (Wildman–Crippen LogP) is 3.87. The predicted molar refractivity (Wildman–Crippen MR) is 93.9 cm³/mol. The first-order valence-electron chi connectivity index (χ1n) is 7.86. The number of piperazine rings is 1. The molecule has 2 aromatic carbocycles. The van der Waals surface area contributed by atoms with Crippen LogP contribution in [0.15, 0.2) is 53.4 Å². The highest BCUT2D eigenvalue weighted by Crippen LogP contribution is 2.35. The number of hydrogen-bond donors (Lipinski definition) is 0. The van der Waals surface area contributed by atoms with Gasteiger partial charge in [-0.05, 0) is 30.3 Å². The molecule has 2 aromatic rings. The first-order chi connectivity index (χ1) is 12.2. The molecule has 4 nitrogen and oxygen atoms in total. The Bertz CT molecular complexity index is 895. The van der Waals surface area contributed by atoms with Crippen LogP contribution in [0.5, 0.6) is 0 Å². The molecule has 0 atom stereocenters. The topological polar surface area (TPSA) is 40.6 Å². The summed E-state index contributed by atoms with van der Waals surface area (Å²) >= 11 is 5.97. The van der Waals surface area contributed by atoms with Crippen LogP contribution >= 0.6 is 11.6 Å². The largest absolute Gasteiger partial charge is 0.417 e. The number of halogens is 4. The molecule has 26 heavy (non-hydrogen) atoms. The third kappa shape index (κ3) is 3.82. The van der Waals surface area contributed by atoms with Crippen LogP contribution in [0.2, 0.25) is 5.02 Å². The fourth-order valence-corrected chi connectivity index (χ4v) is 4.74. The van der Waals surface area contributed by atoms with Crippen molar-refractivity contribution >= 4 is 27.3 Å². The molecule has 0 spiro atoms. The highest BCUT2D eigenvalue weighted by atomic mass is 35.5. The van der Waals surface area contributed by atoms with E-state index in [1.807, 2.05) is 11.0 Å². The number of alkyl halides is 3. The average Bonchev–Trinajstić information content (AvgIpc) is 2.61. The molecule has 1 aliphatic rings. The highest BCUT2D eigenvalue weighted by molar-refractivity contribution is 7.89. The van der Waals surface area contributed by atoms with Crippen LogP contribution in [-0.4, -0.2) is 38.9 Å². The van der Waals surface area contributed by atoms with E-state index in [1.165, 1.54) is 12.1 Å². The van der Waals surface area contributed by atoms with Gasteiger partial charge in [-0.25, -0.2) is 8.42 Å². The summed E-state index contributed by atoms with van der Waals surface area (Å²) in [5, 5.41) is 0.566. The number of sulfonamides is 1. The van der Waals surface area contributed by atoms with Gasteiger partial charge >= 0.3 is 6.18 Å². The number of hydrogen-bond acceptors (Lipinski definition) is 3. The van der Waals surface area contributed by atoms with E-state index < -0.39 is 26.7 Å². The van der Waals surface area contributed by atoms with Crippen LogP contribution in [0.4, 0.5) is 18.9 Å². The van der Waals surface area contributed by atoms with E-state index in [0.717, 1.165) is 22.1 Å². The Labute approximate surface area is 154 Å². The second-order valence-electron chi connectivity index (χ2n) is 5.86. The lowest BCUT2D eigenvalue weighted by Crippen LogP contribution is -2.49. The maximum absolute atomic E-state index is 13.2. The maximum atomic E-state index is 13.2. The van der Waals surface area contributed by atoms with Crippen molar-refractivity contribution in [3.63, 3.8) is 0 Å². The maximum Gasteiger partial charge on any atom is 0.417 e. The van der Waals surface area contributed by atoms with Gasteiger partial charge in [0.05, 0.1) is 10.5 Å². The summed E-state index contributed by atoms with van der Waals surface area (Å²) in [6.45, 7) is 0.934. The van der Waals surface area contributed by atoms with Crippen LogP contribution in [0.3, 0.4) is 0 Å². The van der Waals surface area contributed by atoms with Crippen molar-refractivity contribution < 1.29 is 21.6 Å². The van der Waals surface area contributed by atoms with Gasteiger partial charge in [-0.15, -0.1) is 0 Å². The molecule has 9 heteroatoms. The quantitative estimate of drug-likeness (QED) is 0.779. The molecule has 140 valence electrons. The van der Waals surface area contributed by atoms with Crippen molar-refractivity contribution in [2.45, 2.75) is 11.1 Å². The summed E-state index contributed by atoms with van der Waals surface area (Å²) in [4.78, 5) is 1.25. The number of rotatable bonds is 3. The SMILES string of the molecule is O=S(=O)(c1ccccc1C(F)(F)F)N1CCN(c2cccc(Cl)c2)CC1. The third-order valence-electron chi connectivity index (χ3n) is 4.22. The first-order valence-corrected chi connectivity index (χ1v) is 9.68. The summed E-state index contributed by atoms with van der Waals surface area (Å²) < 4.78 is 66.1. The molecule has 0 saturated carbocycles. The van der Waals surface area contributed by atoms with Crippen molar-refractivity contribution in [2.24, 2.45) is 0 Å². The lowest BCUT2D eigenvalue weighted by Gasteiger charge is -2.35. The van der Waals surface area contributed by atoms with E-state index >= 15 is 0 Å². The van der Waals surface area contributed by atoms with Crippen molar-refractivity contribution in [2.75, 3.05) is 31.1 Å². The number of nitrogens with zero attached hydrogens (tertiary/aromatic N) is 2. The fourth-order valence-electron chi connectivity index (χ4n) is 2.92. The fraction of sp³-hybridized carbons (Fsp3) is 0.294. The minimum Gasteiger partial charge on any atom is -0.369 e. The molecule has 1 heterocycles. The molecule has 0 aromatic heterocycles. The zero-order valence-corrected chi connectivity index (χ0v) is 15.2.